The zero-order chi connectivity index (χ0) is 26.0. The number of Topliss-reactive ketones (excluding diaryl/α,β-unsaturated/α-hetero) is 1. The van der Waals surface area contributed by atoms with E-state index >= 15 is 0 Å². The highest BCUT2D eigenvalue weighted by molar-refractivity contribution is 8.01. The van der Waals surface area contributed by atoms with Crippen molar-refractivity contribution in [3.63, 3.8) is 0 Å². The lowest BCUT2D eigenvalue weighted by molar-refractivity contribution is -0.139. The Bertz CT molecular complexity index is 1290. The van der Waals surface area contributed by atoms with Gasteiger partial charge in [0.1, 0.15) is 11.6 Å². The first kappa shape index (κ1) is 25.7. The van der Waals surface area contributed by atoms with Gasteiger partial charge in [-0.05, 0) is 36.5 Å². The quantitative estimate of drug-likeness (QED) is 0.415. The van der Waals surface area contributed by atoms with E-state index in [1.807, 2.05) is 38.1 Å². The Morgan fingerprint density at radius 3 is 2.67 bits per heavy atom. The van der Waals surface area contributed by atoms with Crippen molar-refractivity contribution in [2.75, 3.05) is 24.4 Å². The Kier molecular flexibility index (Phi) is 7.38. The molecule has 2 aliphatic rings. The van der Waals surface area contributed by atoms with Gasteiger partial charge in [0.15, 0.2) is 10.1 Å². The fourth-order valence-electron chi connectivity index (χ4n) is 4.53. The van der Waals surface area contributed by atoms with Crippen molar-refractivity contribution >= 4 is 40.0 Å². The number of thioether (sulfide) groups is 1. The van der Waals surface area contributed by atoms with Gasteiger partial charge in [0.2, 0.25) is 5.13 Å². The number of nitrogens with two attached hydrogens (primary N) is 1. The van der Waals surface area contributed by atoms with Crippen LogP contribution in [0.25, 0.3) is 0 Å². The maximum absolute atomic E-state index is 13.6. The molecule has 188 valence electrons. The molecule has 0 spiro atoms. The molecule has 0 bridgehead atoms. The number of allylic oxidation sites excluding steroid dienone is 3. The molecule has 1 unspecified atom stereocenters. The van der Waals surface area contributed by atoms with Crippen molar-refractivity contribution in [1.82, 2.24) is 10.2 Å². The maximum Gasteiger partial charge on any atom is 0.316 e. The summed E-state index contributed by atoms with van der Waals surface area (Å²) in [5, 5.41) is 19.1. The molecule has 1 aromatic heterocycles. The lowest BCUT2D eigenvalue weighted by atomic mass is 9.68. The Morgan fingerprint density at radius 2 is 2.03 bits per heavy atom. The topological polar surface area (TPSA) is 131 Å². The lowest BCUT2D eigenvalue weighted by Gasteiger charge is -2.42. The highest BCUT2D eigenvalue weighted by atomic mass is 32.2. The number of rotatable bonds is 7. The Labute approximate surface area is 218 Å². The predicted molar refractivity (Wildman–Crippen MR) is 137 cm³/mol. The Balaban J connectivity index is 1.80. The van der Waals surface area contributed by atoms with E-state index in [0.29, 0.717) is 40.2 Å². The van der Waals surface area contributed by atoms with Crippen LogP contribution in [0.4, 0.5) is 5.13 Å². The molecule has 1 atom stereocenters. The van der Waals surface area contributed by atoms with Crippen LogP contribution in [0.5, 0.6) is 5.75 Å². The molecular formula is C25H27N5O4S2. The summed E-state index contributed by atoms with van der Waals surface area (Å²) in [7, 11) is 1.58. The van der Waals surface area contributed by atoms with Crippen LogP contribution in [0.3, 0.4) is 0 Å². The lowest BCUT2D eigenvalue weighted by Crippen LogP contribution is -2.42. The zero-order valence-electron chi connectivity index (χ0n) is 20.5. The van der Waals surface area contributed by atoms with E-state index in [2.05, 4.69) is 16.3 Å². The van der Waals surface area contributed by atoms with Crippen LogP contribution in [0.15, 0.2) is 51.3 Å². The van der Waals surface area contributed by atoms with E-state index in [0.717, 1.165) is 11.3 Å². The summed E-state index contributed by atoms with van der Waals surface area (Å²) in [6.45, 7) is 6.13. The standard InChI is InChI=1S/C25H27N5O4S2/c1-5-34-19(32)13-35-24-29-28-23(36-24)30-17-10-25(2,3)11-18(31)21(17)20(16(12-26)22(30)27)14-6-8-15(33-4)9-7-14/h6-9,20H,5,10-11,13,27H2,1-4H3. The molecule has 4 rings (SSSR count). The largest absolute Gasteiger partial charge is 0.497 e. The number of carbonyl (C=O) groups excluding carboxylic acids is 2. The molecule has 0 amide bonds. The average Bonchev–Trinajstić information content (AvgIpc) is 3.30. The molecule has 9 nitrogen and oxygen atoms in total. The maximum atomic E-state index is 13.6. The molecule has 0 saturated carbocycles. The van der Waals surface area contributed by atoms with E-state index in [4.69, 9.17) is 15.2 Å². The molecule has 2 N–H and O–H groups in total. The van der Waals surface area contributed by atoms with Gasteiger partial charge in [0, 0.05) is 17.7 Å². The van der Waals surface area contributed by atoms with Gasteiger partial charge in [-0.15, -0.1) is 10.2 Å². The van der Waals surface area contributed by atoms with Crippen molar-refractivity contribution in [3.05, 3.63) is 52.5 Å². The molecule has 1 aliphatic carbocycles. The second-order valence-electron chi connectivity index (χ2n) is 9.20. The number of anilines is 1. The molecule has 0 radical (unpaired) electrons. The molecule has 11 heteroatoms. The van der Waals surface area contributed by atoms with Gasteiger partial charge in [-0.3, -0.25) is 14.5 Å². The SMILES string of the molecule is CCOC(=O)CSc1nnc(N2C(N)=C(C#N)C(c3ccc(OC)cc3)C3=C2CC(C)(C)CC3=O)s1. The number of nitrogens with zero attached hydrogens (tertiary/aromatic N) is 4. The summed E-state index contributed by atoms with van der Waals surface area (Å²) in [6, 6.07) is 9.58. The van der Waals surface area contributed by atoms with Gasteiger partial charge in [-0.25, -0.2) is 0 Å². The molecule has 0 fully saturated rings. The fraction of sp³-hybridized carbons (Fsp3) is 0.400. The van der Waals surface area contributed by atoms with Crippen LogP contribution in [0, 0.1) is 16.7 Å². The molecule has 1 aliphatic heterocycles. The highest BCUT2D eigenvalue weighted by Gasteiger charge is 2.45. The van der Waals surface area contributed by atoms with Crippen molar-refractivity contribution in [3.8, 4) is 11.8 Å². The minimum Gasteiger partial charge on any atom is -0.497 e. The van der Waals surface area contributed by atoms with Gasteiger partial charge < -0.3 is 15.2 Å². The molecule has 0 saturated heterocycles. The molecule has 2 heterocycles. The van der Waals surface area contributed by atoms with Crippen LogP contribution < -0.4 is 15.4 Å². The fourth-order valence-corrected chi connectivity index (χ4v) is 6.21. The van der Waals surface area contributed by atoms with Crippen molar-refractivity contribution < 1.29 is 19.1 Å². The molecule has 1 aromatic carbocycles. The number of ether oxygens (including phenoxy) is 2. The molecule has 2 aromatic rings. The minimum atomic E-state index is -0.582. The second kappa shape index (κ2) is 10.3. The second-order valence-corrected chi connectivity index (χ2v) is 11.4. The number of carbonyl (C=O) groups is 2. The Hall–Kier alpha value is -3.36. The molecule has 36 heavy (non-hydrogen) atoms. The van der Waals surface area contributed by atoms with Crippen LogP contribution in [-0.4, -0.2) is 41.4 Å². The summed E-state index contributed by atoms with van der Waals surface area (Å²) in [6.07, 6.45) is 0.937. The number of nitriles is 1. The average molecular weight is 526 g/mol. The zero-order valence-corrected chi connectivity index (χ0v) is 22.2. The van der Waals surface area contributed by atoms with Crippen LogP contribution in [-0.2, 0) is 14.3 Å². The van der Waals surface area contributed by atoms with E-state index in [1.165, 1.54) is 23.1 Å². The summed E-state index contributed by atoms with van der Waals surface area (Å²) >= 11 is 2.47. The number of hydrogen-bond donors (Lipinski definition) is 1. The minimum absolute atomic E-state index is 0.0197. The van der Waals surface area contributed by atoms with Gasteiger partial charge in [-0.2, -0.15) is 5.26 Å². The number of ketones is 1. The highest BCUT2D eigenvalue weighted by Crippen LogP contribution is 2.50. The summed E-state index contributed by atoms with van der Waals surface area (Å²) in [4.78, 5) is 27.0. The Morgan fingerprint density at radius 1 is 1.31 bits per heavy atom. The summed E-state index contributed by atoms with van der Waals surface area (Å²) in [5.41, 5.74) is 8.69. The summed E-state index contributed by atoms with van der Waals surface area (Å²) < 4.78 is 10.8. The number of hydrogen-bond acceptors (Lipinski definition) is 11. The van der Waals surface area contributed by atoms with Crippen molar-refractivity contribution in [2.24, 2.45) is 11.1 Å². The van der Waals surface area contributed by atoms with Gasteiger partial charge in [0.25, 0.3) is 0 Å². The van der Waals surface area contributed by atoms with Crippen LogP contribution in [0.1, 0.15) is 45.1 Å². The van der Waals surface area contributed by atoms with Gasteiger partial charge in [0.05, 0.1) is 37.0 Å². The summed E-state index contributed by atoms with van der Waals surface area (Å²) in [5.74, 6) is 0.0701. The van der Waals surface area contributed by atoms with Gasteiger partial charge in [-0.1, -0.05) is 49.1 Å². The smallest absolute Gasteiger partial charge is 0.316 e. The predicted octanol–water partition coefficient (Wildman–Crippen LogP) is 4.14. The third kappa shape index (κ3) is 4.96. The number of methoxy groups -OCH3 is 1. The first-order valence-electron chi connectivity index (χ1n) is 11.4. The third-order valence-electron chi connectivity index (χ3n) is 6.04. The van der Waals surface area contributed by atoms with Crippen molar-refractivity contribution in [1.29, 1.82) is 5.26 Å². The normalized spacial score (nSPS) is 19.1. The van der Waals surface area contributed by atoms with E-state index < -0.39 is 5.92 Å². The first-order valence-corrected chi connectivity index (χ1v) is 13.2. The monoisotopic (exact) mass is 525 g/mol. The van der Waals surface area contributed by atoms with Gasteiger partial charge >= 0.3 is 5.97 Å². The van der Waals surface area contributed by atoms with E-state index in [1.54, 1.807) is 18.9 Å². The molecular weight excluding hydrogens is 498 g/mol. The number of esters is 1. The van der Waals surface area contributed by atoms with Crippen LogP contribution >= 0.6 is 23.1 Å². The third-order valence-corrected chi connectivity index (χ3v) is 8.05. The van der Waals surface area contributed by atoms with E-state index in [9.17, 15) is 14.9 Å². The first-order chi connectivity index (χ1) is 17.2. The van der Waals surface area contributed by atoms with Crippen LogP contribution in [0.2, 0.25) is 0 Å². The number of benzene rings is 1. The van der Waals surface area contributed by atoms with Crippen molar-refractivity contribution in [2.45, 2.75) is 43.9 Å². The number of aromatic nitrogens is 2. The van der Waals surface area contributed by atoms with E-state index in [-0.39, 0.29) is 34.3 Å².